The predicted molar refractivity (Wildman–Crippen MR) is 77.6 cm³/mol. The molecule has 0 radical (unpaired) electrons. The van der Waals surface area contributed by atoms with Crippen LogP contribution in [0.2, 0.25) is 0 Å². The lowest BCUT2D eigenvalue weighted by Crippen LogP contribution is -2.37. The van der Waals surface area contributed by atoms with E-state index in [0.29, 0.717) is 36.0 Å². The third kappa shape index (κ3) is 2.95. The first-order valence-corrected chi connectivity index (χ1v) is 6.65. The monoisotopic (exact) mass is 277 g/mol. The standard InChI is InChI=1S/C12H19N7O/c1-4-13-11(20)7(3)17-10-8-9(16-6-15-8)18-12(19-10)14-5-2/h6-7H,4-5H2,1-3H3,(H,13,20)(H3,14,15,16,17,18,19). The Labute approximate surface area is 116 Å². The number of rotatable bonds is 6. The second-order valence-electron chi connectivity index (χ2n) is 4.29. The van der Waals surface area contributed by atoms with Crippen LogP contribution >= 0.6 is 0 Å². The Morgan fingerprint density at radius 2 is 2.15 bits per heavy atom. The van der Waals surface area contributed by atoms with Crippen LogP contribution < -0.4 is 16.0 Å². The number of carbonyl (C=O) groups excluding carboxylic acids is 1. The number of aromatic amines is 1. The van der Waals surface area contributed by atoms with Crippen molar-refractivity contribution in [2.45, 2.75) is 26.8 Å². The van der Waals surface area contributed by atoms with Crippen molar-refractivity contribution in [3.8, 4) is 0 Å². The minimum Gasteiger partial charge on any atom is -0.357 e. The molecular weight excluding hydrogens is 258 g/mol. The molecule has 0 aromatic carbocycles. The molecule has 8 heteroatoms. The molecule has 8 nitrogen and oxygen atoms in total. The number of nitrogens with one attached hydrogen (secondary N) is 4. The molecule has 0 aliphatic rings. The van der Waals surface area contributed by atoms with Crippen molar-refractivity contribution in [1.29, 1.82) is 0 Å². The van der Waals surface area contributed by atoms with E-state index in [4.69, 9.17) is 0 Å². The number of aromatic nitrogens is 4. The fraction of sp³-hybridized carbons (Fsp3) is 0.500. The van der Waals surface area contributed by atoms with Gasteiger partial charge in [0.15, 0.2) is 11.5 Å². The van der Waals surface area contributed by atoms with Gasteiger partial charge >= 0.3 is 0 Å². The molecule has 0 bridgehead atoms. The third-order valence-corrected chi connectivity index (χ3v) is 2.72. The highest BCUT2D eigenvalue weighted by molar-refractivity contribution is 5.89. The Kier molecular flexibility index (Phi) is 4.34. The lowest BCUT2D eigenvalue weighted by Gasteiger charge is -2.15. The van der Waals surface area contributed by atoms with Crippen LogP contribution in [0.3, 0.4) is 0 Å². The maximum absolute atomic E-state index is 11.8. The van der Waals surface area contributed by atoms with Crippen LogP contribution in [-0.4, -0.2) is 45.0 Å². The highest BCUT2D eigenvalue weighted by Gasteiger charge is 2.16. The third-order valence-electron chi connectivity index (χ3n) is 2.72. The SMILES string of the molecule is CCNC(=O)C(C)Nc1nc(NCC)nc2nc[nH]c12. The molecule has 1 amide bonds. The summed E-state index contributed by atoms with van der Waals surface area (Å²) in [5.41, 5.74) is 1.24. The van der Waals surface area contributed by atoms with Crippen molar-refractivity contribution in [3.05, 3.63) is 6.33 Å². The highest BCUT2D eigenvalue weighted by Crippen LogP contribution is 2.19. The topological polar surface area (TPSA) is 108 Å². The number of anilines is 2. The molecule has 0 aliphatic carbocycles. The molecule has 0 saturated heterocycles. The number of hydrogen-bond donors (Lipinski definition) is 4. The summed E-state index contributed by atoms with van der Waals surface area (Å²) < 4.78 is 0. The van der Waals surface area contributed by atoms with E-state index in [1.165, 1.54) is 0 Å². The van der Waals surface area contributed by atoms with Gasteiger partial charge in [0.2, 0.25) is 11.9 Å². The fourth-order valence-electron chi connectivity index (χ4n) is 1.77. The van der Waals surface area contributed by atoms with Gasteiger partial charge in [-0.05, 0) is 20.8 Å². The van der Waals surface area contributed by atoms with E-state index < -0.39 is 6.04 Å². The molecule has 2 heterocycles. The van der Waals surface area contributed by atoms with Gasteiger partial charge in [-0.25, -0.2) is 4.98 Å². The van der Waals surface area contributed by atoms with Gasteiger partial charge in [0.05, 0.1) is 6.33 Å². The van der Waals surface area contributed by atoms with Gasteiger partial charge in [-0.3, -0.25) is 4.79 Å². The van der Waals surface area contributed by atoms with Crippen molar-refractivity contribution in [1.82, 2.24) is 25.3 Å². The Morgan fingerprint density at radius 1 is 1.35 bits per heavy atom. The number of imidazole rings is 1. The summed E-state index contributed by atoms with van der Waals surface area (Å²) in [5.74, 6) is 0.962. The first kappa shape index (κ1) is 14.0. The van der Waals surface area contributed by atoms with Crippen LogP contribution in [0.25, 0.3) is 11.2 Å². The lowest BCUT2D eigenvalue weighted by atomic mass is 10.3. The van der Waals surface area contributed by atoms with Crippen molar-refractivity contribution in [2.75, 3.05) is 23.7 Å². The number of carbonyl (C=O) groups is 1. The second-order valence-corrected chi connectivity index (χ2v) is 4.29. The molecule has 0 fully saturated rings. The van der Waals surface area contributed by atoms with Gasteiger partial charge in [-0.2, -0.15) is 9.97 Å². The Balaban J connectivity index is 2.27. The van der Waals surface area contributed by atoms with E-state index in [0.717, 1.165) is 0 Å². The molecule has 0 saturated carbocycles. The predicted octanol–water partition coefficient (Wildman–Crippen LogP) is 0.721. The largest absolute Gasteiger partial charge is 0.357 e. The summed E-state index contributed by atoms with van der Waals surface area (Å²) in [7, 11) is 0. The number of nitrogens with zero attached hydrogens (tertiary/aromatic N) is 3. The molecule has 1 atom stereocenters. The van der Waals surface area contributed by atoms with Crippen molar-refractivity contribution >= 4 is 28.8 Å². The number of likely N-dealkylation sites (N-methyl/N-ethyl adjacent to an activating group) is 1. The first-order valence-electron chi connectivity index (χ1n) is 6.65. The maximum Gasteiger partial charge on any atom is 0.242 e. The highest BCUT2D eigenvalue weighted by atomic mass is 16.2. The smallest absolute Gasteiger partial charge is 0.242 e. The Morgan fingerprint density at radius 3 is 2.85 bits per heavy atom. The molecule has 2 rings (SSSR count). The molecule has 1 unspecified atom stereocenters. The van der Waals surface area contributed by atoms with Crippen molar-refractivity contribution in [3.63, 3.8) is 0 Å². The zero-order chi connectivity index (χ0) is 14.5. The van der Waals surface area contributed by atoms with E-state index in [1.807, 2.05) is 13.8 Å². The van der Waals surface area contributed by atoms with Crippen molar-refractivity contribution < 1.29 is 4.79 Å². The maximum atomic E-state index is 11.8. The second kappa shape index (κ2) is 6.18. The number of H-pyrrole nitrogens is 1. The molecule has 4 N–H and O–H groups in total. The summed E-state index contributed by atoms with van der Waals surface area (Å²) >= 11 is 0. The summed E-state index contributed by atoms with van der Waals surface area (Å²) in [4.78, 5) is 27.5. The number of amides is 1. The van der Waals surface area contributed by atoms with E-state index >= 15 is 0 Å². The molecule has 108 valence electrons. The molecule has 0 aliphatic heterocycles. The molecular formula is C12H19N7O. The van der Waals surface area contributed by atoms with Gasteiger partial charge in [-0.15, -0.1) is 0 Å². The quantitative estimate of drug-likeness (QED) is 0.620. The van der Waals surface area contributed by atoms with E-state index in [-0.39, 0.29) is 5.91 Å². The number of hydrogen-bond acceptors (Lipinski definition) is 6. The van der Waals surface area contributed by atoms with Crippen LogP contribution in [0.15, 0.2) is 6.33 Å². The average molecular weight is 277 g/mol. The van der Waals surface area contributed by atoms with Crippen LogP contribution in [-0.2, 0) is 4.79 Å². The zero-order valence-corrected chi connectivity index (χ0v) is 11.8. The average Bonchev–Trinajstić information content (AvgIpc) is 2.87. The number of fused-ring (bicyclic) bond motifs is 1. The van der Waals surface area contributed by atoms with Crippen LogP contribution in [0.4, 0.5) is 11.8 Å². The molecule has 2 aromatic heterocycles. The molecule has 0 spiro atoms. The first-order chi connectivity index (χ1) is 9.65. The van der Waals surface area contributed by atoms with Gasteiger partial charge in [0, 0.05) is 13.1 Å². The minimum atomic E-state index is -0.397. The van der Waals surface area contributed by atoms with E-state index in [9.17, 15) is 4.79 Å². The Bertz CT molecular complexity index is 595. The summed E-state index contributed by atoms with van der Waals surface area (Å²) in [5, 5.41) is 8.88. The molecule has 20 heavy (non-hydrogen) atoms. The normalized spacial score (nSPS) is 12.2. The minimum absolute atomic E-state index is 0.0798. The van der Waals surface area contributed by atoms with Crippen LogP contribution in [0.1, 0.15) is 20.8 Å². The van der Waals surface area contributed by atoms with Crippen LogP contribution in [0.5, 0.6) is 0 Å². The fourth-order valence-corrected chi connectivity index (χ4v) is 1.77. The van der Waals surface area contributed by atoms with Crippen LogP contribution in [0, 0.1) is 0 Å². The Hall–Kier alpha value is -2.38. The van der Waals surface area contributed by atoms with E-state index in [2.05, 4.69) is 35.9 Å². The van der Waals surface area contributed by atoms with Crippen molar-refractivity contribution in [2.24, 2.45) is 0 Å². The van der Waals surface area contributed by atoms with Gasteiger partial charge in [0.1, 0.15) is 11.6 Å². The summed E-state index contributed by atoms with van der Waals surface area (Å²) in [6, 6.07) is -0.397. The molecule has 2 aromatic rings. The summed E-state index contributed by atoms with van der Waals surface area (Å²) in [6.45, 7) is 6.93. The van der Waals surface area contributed by atoms with Gasteiger partial charge < -0.3 is 20.9 Å². The lowest BCUT2D eigenvalue weighted by molar-refractivity contribution is -0.121. The van der Waals surface area contributed by atoms with E-state index in [1.54, 1.807) is 13.3 Å². The summed E-state index contributed by atoms with van der Waals surface area (Å²) in [6.07, 6.45) is 1.55. The van der Waals surface area contributed by atoms with Gasteiger partial charge in [-0.1, -0.05) is 0 Å². The van der Waals surface area contributed by atoms with Gasteiger partial charge in [0.25, 0.3) is 0 Å². The zero-order valence-electron chi connectivity index (χ0n) is 11.8.